The third-order valence-corrected chi connectivity index (χ3v) is 8.32. The lowest BCUT2D eigenvalue weighted by Crippen LogP contribution is -2.48. The smallest absolute Gasteiger partial charge is 0.308 e. The van der Waals surface area contributed by atoms with Gasteiger partial charge in [0.05, 0.1) is 44.0 Å². The molecule has 0 radical (unpaired) electrons. The molecule has 2 aromatic rings. The maximum atomic E-state index is 12.1. The van der Waals surface area contributed by atoms with Crippen LogP contribution in [0.2, 0.25) is 0 Å². The van der Waals surface area contributed by atoms with E-state index in [4.69, 9.17) is 18.9 Å². The third kappa shape index (κ3) is 11.8. The molecule has 0 spiro atoms. The number of esters is 1. The van der Waals surface area contributed by atoms with E-state index >= 15 is 0 Å². The van der Waals surface area contributed by atoms with Gasteiger partial charge in [-0.1, -0.05) is 107 Å². The fraction of sp³-hybridized carbons (Fsp3) is 0.639. The second kappa shape index (κ2) is 19.8. The molecule has 3 rings (SSSR count). The Morgan fingerprint density at radius 3 is 2.05 bits per heavy atom. The number of nitrogens with zero attached hydrogens (tertiary/aromatic N) is 1. The molecule has 0 heterocycles. The minimum absolute atomic E-state index is 0.000438. The van der Waals surface area contributed by atoms with Crippen molar-refractivity contribution in [3.05, 3.63) is 71.8 Å². The summed E-state index contributed by atoms with van der Waals surface area (Å²) in [6.07, 6.45) is 9.55. The Bertz CT molecular complexity index is 971. The first-order valence-corrected chi connectivity index (χ1v) is 16.3. The van der Waals surface area contributed by atoms with Gasteiger partial charge in [0.2, 0.25) is 0 Å². The number of hydrogen-bond donors (Lipinski definition) is 0. The largest absolute Gasteiger partial charge is 0.466 e. The molecule has 0 aromatic heterocycles. The molecule has 5 atom stereocenters. The second-order valence-corrected chi connectivity index (χ2v) is 11.8. The van der Waals surface area contributed by atoms with Crippen LogP contribution in [0.1, 0.15) is 89.7 Å². The van der Waals surface area contributed by atoms with Gasteiger partial charge in [0, 0.05) is 13.0 Å². The molecule has 6 nitrogen and oxygen atoms in total. The Labute approximate surface area is 255 Å². The van der Waals surface area contributed by atoms with E-state index in [-0.39, 0.29) is 36.2 Å². The summed E-state index contributed by atoms with van der Waals surface area (Å²) in [6.45, 7) is 9.29. The molecule has 1 aliphatic rings. The van der Waals surface area contributed by atoms with Crippen LogP contribution in [0, 0.1) is 5.92 Å². The quantitative estimate of drug-likeness (QED) is 0.112. The van der Waals surface area contributed by atoms with Crippen molar-refractivity contribution < 1.29 is 23.7 Å². The van der Waals surface area contributed by atoms with Crippen molar-refractivity contribution in [1.29, 1.82) is 0 Å². The summed E-state index contributed by atoms with van der Waals surface area (Å²) in [5, 5.41) is 0. The van der Waals surface area contributed by atoms with Gasteiger partial charge in [-0.2, -0.15) is 0 Å². The predicted octanol–water partition coefficient (Wildman–Crippen LogP) is 7.59. The van der Waals surface area contributed by atoms with Gasteiger partial charge in [0.15, 0.2) is 0 Å². The maximum absolute atomic E-state index is 12.1. The highest BCUT2D eigenvalue weighted by Crippen LogP contribution is 2.33. The van der Waals surface area contributed by atoms with Gasteiger partial charge >= 0.3 is 5.97 Å². The molecule has 0 bridgehead atoms. The van der Waals surface area contributed by atoms with E-state index in [2.05, 4.69) is 67.4 Å². The van der Waals surface area contributed by atoms with Gasteiger partial charge in [0.25, 0.3) is 0 Å². The zero-order chi connectivity index (χ0) is 30.0. The zero-order valence-corrected chi connectivity index (χ0v) is 26.5. The van der Waals surface area contributed by atoms with Crippen molar-refractivity contribution in [2.45, 2.75) is 116 Å². The highest BCUT2D eigenvalue weighted by atomic mass is 16.6. The van der Waals surface area contributed by atoms with Crippen LogP contribution in [0.3, 0.4) is 0 Å². The molecular formula is C36H55NO5. The van der Waals surface area contributed by atoms with Gasteiger partial charge in [0.1, 0.15) is 6.10 Å². The van der Waals surface area contributed by atoms with Gasteiger partial charge in [-0.05, 0) is 50.9 Å². The van der Waals surface area contributed by atoms with E-state index in [1.54, 1.807) is 0 Å². The van der Waals surface area contributed by atoms with E-state index in [1.807, 2.05) is 26.0 Å². The summed E-state index contributed by atoms with van der Waals surface area (Å²) in [7, 11) is 2.19. The molecule has 0 amide bonds. The highest BCUT2D eigenvalue weighted by Gasteiger charge is 2.47. The average molecular weight is 582 g/mol. The number of benzene rings is 2. The number of likely N-dealkylation sites (N-methyl/N-ethyl adjacent to an activating group) is 1. The number of hydrogen-bond acceptors (Lipinski definition) is 6. The normalized spacial score (nSPS) is 21.1. The zero-order valence-electron chi connectivity index (χ0n) is 26.5. The number of rotatable bonds is 21. The molecule has 1 unspecified atom stereocenters. The topological polar surface area (TPSA) is 57.2 Å². The van der Waals surface area contributed by atoms with Crippen LogP contribution in [-0.4, -0.2) is 62.0 Å². The molecular weight excluding hydrogens is 526 g/mol. The van der Waals surface area contributed by atoms with Crippen molar-refractivity contribution in [3.63, 3.8) is 0 Å². The molecule has 1 aliphatic carbocycles. The lowest BCUT2D eigenvalue weighted by Gasteiger charge is -2.34. The Morgan fingerprint density at radius 1 is 0.810 bits per heavy atom. The molecule has 0 N–H and O–H groups in total. The molecule has 2 aromatic carbocycles. The molecule has 234 valence electrons. The summed E-state index contributed by atoms with van der Waals surface area (Å²) in [5.74, 6) is -0.162. The predicted molar refractivity (Wildman–Crippen MR) is 169 cm³/mol. The van der Waals surface area contributed by atoms with Crippen molar-refractivity contribution in [2.75, 3.05) is 26.8 Å². The van der Waals surface area contributed by atoms with Crippen LogP contribution in [0.4, 0.5) is 0 Å². The van der Waals surface area contributed by atoms with E-state index in [0.29, 0.717) is 19.8 Å². The molecule has 0 saturated heterocycles. The van der Waals surface area contributed by atoms with Gasteiger partial charge in [-0.15, -0.1) is 0 Å². The van der Waals surface area contributed by atoms with Crippen molar-refractivity contribution >= 4 is 5.97 Å². The van der Waals surface area contributed by atoms with Gasteiger partial charge in [-0.3, -0.25) is 9.69 Å². The van der Waals surface area contributed by atoms with Crippen LogP contribution in [0.5, 0.6) is 0 Å². The minimum atomic E-state index is -0.0955. The Morgan fingerprint density at radius 2 is 1.43 bits per heavy atom. The van der Waals surface area contributed by atoms with E-state index in [0.717, 1.165) is 45.3 Å². The lowest BCUT2D eigenvalue weighted by molar-refractivity contribution is -0.147. The lowest BCUT2D eigenvalue weighted by atomic mass is 10.0. The maximum Gasteiger partial charge on any atom is 0.308 e. The van der Waals surface area contributed by atoms with E-state index < -0.39 is 0 Å². The first kappa shape index (κ1) is 34.2. The average Bonchev–Trinajstić information content (AvgIpc) is 3.37. The summed E-state index contributed by atoms with van der Waals surface area (Å²) < 4.78 is 25.1. The Kier molecular flexibility index (Phi) is 16.2. The molecule has 42 heavy (non-hydrogen) atoms. The summed E-state index contributed by atoms with van der Waals surface area (Å²) in [5.41, 5.74) is 2.35. The van der Waals surface area contributed by atoms with Crippen molar-refractivity contribution in [3.8, 4) is 0 Å². The number of carbonyl (C=O) groups is 1. The standard InChI is InChI=1S/C36H55NO5/c1-5-7-8-9-18-25-40-35-33(42-28-31-22-14-11-15-23-31)26-32(41-27-30-20-12-10-13-21-30)34(35)37(4)24-17-16-19-29(3)36(38)39-6-2/h10-15,20-23,29,32-35H,5-9,16-19,24-28H2,1-4H3/t29?,32-,33+,34+,35+/m0/s1. The molecule has 1 fully saturated rings. The minimum Gasteiger partial charge on any atom is -0.466 e. The molecule has 1 saturated carbocycles. The SMILES string of the molecule is CCCCCCCO[C@H]1[C@H](N(C)CCCCC(C)C(=O)OCC)[C@@H](OCc2ccccc2)C[C@H]1OCc1ccccc1. The molecule has 6 heteroatoms. The molecule has 0 aliphatic heterocycles. The Balaban J connectivity index is 1.68. The number of ether oxygens (including phenoxy) is 4. The Hall–Kier alpha value is -2.25. The van der Waals surface area contributed by atoms with Crippen LogP contribution in [0.15, 0.2) is 60.7 Å². The fourth-order valence-corrected chi connectivity index (χ4v) is 5.85. The van der Waals surface area contributed by atoms with Crippen LogP contribution in [0.25, 0.3) is 0 Å². The monoisotopic (exact) mass is 581 g/mol. The summed E-state index contributed by atoms with van der Waals surface area (Å²) >= 11 is 0. The van der Waals surface area contributed by atoms with Gasteiger partial charge < -0.3 is 18.9 Å². The first-order valence-electron chi connectivity index (χ1n) is 16.3. The second-order valence-electron chi connectivity index (χ2n) is 11.8. The van der Waals surface area contributed by atoms with Gasteiger partial charge in [-0.25, -0.2) is 0 Å². The number of unbranched alkanes of at least 4 members (excludes halogenated alkanes) is 5. The van der Waals surface area contributed by atoms with Crippen LogP contribution < -0.4 is 0 Å². The van der Waals surface area contributed by atoms with Crippen LogP contribution >= 0.6 is 0 Å². The van der Waals surface area contributed by atoms with E-state index in [1.165, 1.54) is 36.8 Å². The number of carbonyl (C=O) groups excluding carboxylic acids is 1. The van der Waals surface area contributed by atoms with E-state index in [9.17, 15) is 4.79 Å². The summed E-state index contributed by atoms with van der Waals surface area (Å²) in [4.78, 5) is 14.5. The van der Waals surface area contributed by atoms with Crippen molar-refractivity contribution in [1.82, 2.24) is 4.90 Å². The fourth-order valence-electron chi connectivity index (χ4n) is 5.85. The first-order chi connectivity index (χ1) is 20.5. The highest BCUT2D eigenvalue weighted by molar-refractivity contribution is 5.71. The van der Waals surface area contributed by atoms with Crippen LogP contribution in [-0.2, 0) is 37.0 Å². The van der Waals surface area contributed by atoms with Crippen molar-refractivity contribution in [2.24, 2.45) is 5.92 Å². The summed E-state index contributed by atoms with van der Waals surface area (Å²) in [6, 6.07) is 20.9. The third-order valence-electron chi connectivity index (χ3n) is 8.32.